The molecule has 0 aliphatic heterocycles. The molecule has 2 atom stereocenters. The van der Waals surface area contributed by atoms with E-state index in [4.69, 9.17) is 5.73 Å². The largest absolute Gasteiger partial charge is 0.368 e. The maximum Gasteiger partial charge on any atom is 0.251 e. The monoisotopic (exact) mass is 260 g/mol. The predicted molar refractivity (Wildman–Crippen MR) is 73.7 cm³/mol. The number of carbonyl (C=O) groups is 2. The molecular weight excluding hydrogens is 240 g/mol. The van der Waals surface area contributed by atoms with E-state index in [0.717, 1.165) is 5.92 Å². The van der Waals surface area contributed by atoms with Crippen LogP contribution in [0.15, 0.2) is 24.3 Å². The summed E-state index contributed by atoms with van der Waals surface area (Å²) in [5.41, 5.74) is 6.85. The van der Waals surface area contributed by atoms with Gasteiger partial charge in [0.05, 0.1) is 6.54 Å². The lowest BCUT2D eigenvalue weighted by molar-refractivity contribution is -0.117. The second kappa shape index (κ2) is 5.87. The van der Waals surface area contributed by atoms with Gasteiger partial charge in [-0.2, -0.15) is 0 Å². The summed E-state index contributed by atoms with van der Waals surface area (Å²) in [7, 11) is 0. The lowest BCUT2D eigenvalue weighted by Gasteiger charge is -2.10. The van der Waals surface area contributed by atoms with Crippen molar-refractivity contribution < 1.29 is 9.59 Å². The highest BCUT2D eigenvalue weighted by atomic mass is 16.2. The van der Waals surface area contributed by atoms with Crippen molar-refractivity contribution in [3.05, 3.63) is 35.4 Å². The first-order valence-corrected chi connectivity index (χ1v) is 6.72. The Labute approximate surface area is 113 Å². The molecule has 1 aliphatic rings. The first-order valence-electron chi connectivity index (χ1n) is 6.72. The fourth-order valence-corrected chi connectivity index (χ4v) is 2.69. The van der Waals surface area contributed by atoms with Crippen molar-refractivity contribution in [1.82, 2.24) is 5.32 Å². The van der Waals surface area contributed by atoms with E-state index in [2.05, 4.69) is 12.2 Å². The van der Waals surface area contributed by atoms with Crippen LogP contribution in [-0.4, -0.2) is 18.4 Å². The van der Waals surface area contributed by atoms with E-state index in [9.17, 15) is 9.59 Å². The van der Waals surface area contributed by atoms with Crippen LogP contribution in [-0.2, 0) is 4.79 Å². The summed E-state index contributed by atoms with van der Waals surface area (Å²) in [6.07, 6.45) is 3.74. The smallest absolute Gasteiger partial charge is 0.251 e. The molecule has 0 heterocycles. The first kappa shape index (κ1) is 13.6. The molecule has 1 aromatic rings. The summed E-state index contributed by atoms with van der Waals surface area (Å²) < 4.78 is 0. The van der Waals surface area contributed by atoms with Crippen LogP contribution in [0.5, 0.6) is 0 Å². The molecule has 0 spiro atoms. The van der Waals surface area contributed by atoms with Gasteiger partial charge >= 0.3 is 0 Å². The van der Waals surface area contributed by atoms with Crippen molar-refractivity contribution in [1.29, 1.82) is 0 Å². The van der Waals surface area contributed by atoms with Gasteiger partial charge in [0.2, 0.25) is 5.91 Å². The van der Waals surface area contributed by atoms with E-state index in [1.165, 1.54) is 24.8 Å². The number of benzene rings is 1. The number of primary amides is 1. The van der Waals surface area contributed by atoms with Gasteiger partial charge in [-0.1, -0.05) is 25.5 Å². The van der Waals surface area contributed by atoms with Crippen LogP contribution in [0.3, 0.4) is 0 Å². The minimum absolute atomic E-state index is 0.124. The van der Waals surface area contributed by atoms with Gasteiger partial charge in [-0.3, -0.25) is 9.59 Å². The van der Waals surface area contributed by atoms with Crippen molar-refractivity contribution in [3.63, 3.8) is 0 Å². The lowest BCUT2D eigenvalue weighted by Crippen LogP contribution is -2.33. The molecule has 1 fully saturated rings. The molecule has 0 aromatic heterocycles. The zero-order valence-electron chi connectivity index (χ0n) is 11.2. The van der Waals surface area contributed by atoms with E-state index in [1.807, 2.05) is 24.3 Å². The number of carbonyl (C=O) groups excluding carboxylic acids is 2. The maximum absolute atomic E-state index is 11.7. The number of hydrogen-bond donors (Lipinski definition) is 2. The van der Waals surface area contributed by atoms with Crippen LogP contribution < -0.4 is 11.1 Å². The summed E-state index contributed by atoms with van der Waals surface area (Å²) in [5.74, 6) is 0.622. The molecule has 0 bridgehead atoms. The van der Waals surface area contributed by atoms with Crippen LogP contribution in [0.4, 0.5) is 0 Å². The second-order valence-electron chi connectivity index (χ2n) is 5.39. The van der Waals surface area contributed by atoms with Crippen LogP contribution in [0.1, 0.15) is 48.0 Å². The molecule has 1 saturated carbocycles. The molecule has 4 nitrogen and oxygen atoms in total. The number of hydrogen-bond acceptors (Lipinski definition) is 2. The Morgan fingerprint density at radius 2 is 1.95 bits per heavy atom. The Bertz CT molecular complexity index is 468. The average Bonchev–Trinajstić information content (AvgIpc) is 2.83. The molecule has 0 radical (unpaired) electrons. The van der Waals surface area contributed by atoms with Crippen LogP contribution in [0.2, 0.25) is 0 Å². The van der Waals surface area contributed by atoms with Gasteiger partial charge in [0.1, 0.15) is 0 Å². The van der Waals surface area contributed by atoms with Gasteiger partial charge in [-0.25, -0.2) is 0 Å². The van der Waals surface area contributed by atoms with Crippen LogP contribution in [0.25, 0.3) is 0 Å². The quantitative estimate of drug-likeness (QED) is 0.866. The molecule has 0 saturated heterocycles. The normalized spacial score (nSPS) is 22.2. The summed E-state index contributed by atoms with van der Waals surface area (Å²) in [6, 6.07) is 7.66. The van der Waals surface area contributed by atoms with Crippen molar-refractivity contribution >= 4 is 11.8 Å². The third-order valence-corrected chi connectivity index (χ3v) is 3.76. The van der Waals surface area contributed by atoms with Crippen molar-refractivity contribution in [2.75, 3.05) is 6.54 Å². The van der Waals surface area contributed by atoms with Gasteiger partial charge in [0.15, 0.2) is 0 Å². The predicted octanol–water partition coefficient (Wildman–Crippen LogP) is 1.81. The molecule has 1 aliphatic carbocycles. The maximum atomic E-state index is 11.7. The molecule has 1 aromatic carbocycles. The van der Waals surface area contributed by atoms with E-state index < -0.39 is 5.91 Å². The summed E-state index contributed by atoms with van der Waals surface area (Å²) in [5, 5.41) is 2.48. The fraction of sp³-hybridized carbons (Fsp3) is 0.467. The molecule has 102 valence electrons. The topological polar surface area (TPSA) is 72.2 Å². The highest BCUT2D eigenvalue weighted by molar-refractivity contribution is 5.96. The number of rotatable bonds is 4. The lowest BCUT2D eigenvalue weighted by atomic mass is 9.95. The SMILES string of the molecule is C[C@H]1CC[C@H](c2ccc(C(=O)NCC(N)=O)cc2)C1. The Balaban J connectivity index is 1.98. The van der Waals surface area contributed by atoms with Gasteiger partial charge < -0.3 is 11.1 Å². The average molecular weight is 260 g/mol. The number of nitrogens with two attached hydrogens (primary N) is 1. The Morgan fingerprint density at radius 3 is 2.47 bits per heavy atom. The fourth-order valence-electron chi connectivity index (χ4n) is 2.69. The third-order valence-electron chi connectivity index (χ3n) is 3.76. The standard InChI is InChI=1S/C15H20N2O2/c1-10-2-3-13(8-10)11-4-6-12(7-5-11)15(19)17-9-14(16)18/h4-7,10,13H,2-3,8-9H2,1H3,(H2,16,18)(H,17,19)/t10-,13-/m0/s1. The minimum atomic E-state index is -0.537. The highest BCUT2D eigenvalue weighted by Crippen LogP contribution is 2.37. The summed E-state index contributed by atoms with van der Waals surface area (Å²) in [6.45, 7) is 2.16. The number of amides is 2. The van der Waals surface area contributed by atoms with Gasteiger partial charge in [-0.15, -0.1) is 0 Å². The van der Waals surface area contributed by atoms with E-state index in [1.54, 1.807) is 0 Å². The molecule has 3 N–H and O–H groups in total. The Morgan fingerprint density at radius 1 is 1.26 bits per heavy atom. The molecular formula is C15H20N2O2. The van der Waals surface area contributed by atoms with E-state index in [0.29, 0.717) is 11.5 Å². The van der Waals surface area contributed by atoms with Crippen molar-refractivity contribution in [2.24, 2.45) is 11.7 Å². The van der Waals surface area contributed by atoms with Crippen molar-refractivity contribution in [2.45, 2.75) is 32.1 Å². The molecule has 19 heavy (non-hydrogen) atoms. The van der Waals surface area contributed by atoms with E-state index in [-0.39, 0.29) is 12.5 Å². The summed E-state index contributed by atoms with van der Waals surface area (Å²) >= 11 is 0. The molecule has 4 heteroatoms. The zero-order chi connectivity index (χ0) is 13.8. The highest BCUT2D eigenvalue weighted by Gasteiger charge is 2.22. The Hall–Kier alpha value is -1.84. The molecule has 2 rings (SSSR count). The third kappa shape index (κ3) is 3.56. The summed E-state index contributed by atoms with van der Waals surface area (Å²) in [4.78, 5) is 22.3. The molecule has 2 amide bonds. The first-order chi connectivity index (χ1) is 9.06. The molecule has 0 unspecified atom stereocenters. The van der Waals surface area contributed by atoms with Gasteiger partial charge in [-0.05, 0) is 42.4 Å². The zero-order valence-corrected chi connectivity index (χ0v) is 11.2. The minimum Gasteiger partial charge on any atom is -0.368 e. The van der Waals surface area contributed by atoms with Gasteiger partial charge in [0, 0.05) is 5.56 Å². The van der Waals surface area contributed by atoms with Crippen LogP contribution in [0, 0.1) is 5.92 Å². The Kier molecular flexibility index (Phi) is 4.20. The van der Waals surface area contributed by atoms with Gasteiger partial charge in [0.25, 0.3) is 5.91 Å². The number of nitrogens with one attached hydrogen (secondary N) is 1. The second-order valence-corrected chi connectivity index (χ2v) is 5.39. The van der Waals surface area contributed by atoms with Crippen molar-refractivity contribution in [3.8, 4) is 0 Å². The van der Waals surface area contributed by atoms with E-state index >= 15 is 0 Å². The van der Waals surface area contributed by atoms with Crippen LogP contribution >= 0.6 is 0 Å².